The minimum absolute atomic E-state index is 0.103. The lowest BCUT2D eigenvalue weighted by Crippen LogP contribution is -2.30. The van der Waals surface area contributed by atoms with Crippen molar-refractivity contribution < 1.29 is 9.59 Å². The predicted octanol–water partition coefficient (Wildman–Crippen LogP) is 3.64. The van der Waals surface area contributed by atoms with E-state index in [4.69, 9.17) is 0 Å². The number of nitrogens with zero attached hydrogens (tertiary/aromatic N) is 1. The highest BCUT2D eigenvalue weighted by atomic mass is 32.2. The van der Waals surface area contributed by atoms with Crippen molar-refractivity contribution >= 4 is 29.3 Å². The molecule has 0 aliphatic rings. The topological polar surface area (TPSA) is 49.4 Å². The number of amides is 2. The van der Waals surface area contributed by atoms with E-state index in [1.807, 2.05) is 6.07 Å². The van der Waals surface area contributed by atoms with E-state index in [0.29, 0.717) is 17.8 Å². The molecule has 0 aliphatic heterocycles. The Morgan fingerprint density at radius 3 is 2.44 bits per heavy atom. The number of rotatable bonds is 7. The molecule has 1 N–H and O–H groups in total. The monoisotopic (exact) mass is 356 g/mol. The van der Waals surface area contributed by atoms with Gasteiger partial charge in [-0.1, -0.05) is 42.0 Å². The second kappa shape index (κ2) is 9.28. The summed E-state index contributed by atoms with van der Waals surface area (Å²) < 4.78 is 0. The lowest BCUT2D eigenvalue weighted by Gasteiger charge is -2.18. The van der Waals surface area contributed by atoms with Crippen LogP contribution in [0.4, 0.5) is 5.69 Å². The van der Waals surface area contributed by atoms with Gasteiger partial charge in [0.15, 0.2) is 0 Å². The van der Waals surface area contributed by atoms with Gasteiger partial charge in [-0.05, 0) is 24.6 Å². The number of carbonyl (C=O) groups excluding carboxylic acids is 2. The molecular weight excluding hydrogens is 332 g/mol. The molecule has 2 aromatic rings. The summed E-state index contributed by atoms with van der Waals surface area (Å²) in [6.45, 7) is 4.15. The predicted molar refractivity (Wildman–Crippen MR) is 105 cm³/mol. The quantitative estimate of drug-likeness (QED) is 0.771. The Labute approximate surface area is 153 Å². The maximum Gasteiger partial charge on any atom is 0.253 e. The number of carbonyl (C=O) groups is 2. The number of anilines is 1. The number of hydrogen-bond donors (Lipinski definition) is 1. The van der Waals surface area contributed by atoms with Crippen LogP contribution in [0.3, 0.4) is 0 Å². The molecule has 0 bridgehead atoms. The van der Waals surface area contributed by atoms with Crippen LogP contribution in [0, 0.1) is 6.92 Å². The highest BCUT2D eigenvalue weighted by molar-refractivity contribution is 7.98. The second-order valence-corrected chi connectivity index (χ2v) is 6.99. The van der Waals surface area contributed by atoms with Crippen LogP contribution < -0.4 is 10.2 Å². The molecule has 0 saturated carbocycles. The van der Waals surface area contributed by atoms with Crippen molar-refractivity contribution in [1.82, 2.24) is 5.32 Å². The van der Waals surface area contributed by atoms with Gasteiger partial charge in [0.05, 0.1) is 11.3 Å². The molecule has 0 saturated heterocycles. The van der Waals surface area contributed by atoms with Crippen molar-refractivity contribution in [2.24, 2.45) is 0 Å². The van der Waals surface area contributed by atoms with Gasteiger partial charge in [-0.2, -0.15) is 11.8 Å². The third-order valence-electron chi connectivity index (χ3n) is 3.90. The van der Waals surface area contributed by atoms with Crippen LogP contribution in [0.2, 0.25) is 0 Å². The molecule has 2 aromatic carbocycles. The number of benzene rings is 2. The first-order valence-electron chi connectivity index (χ1n) is 8.24. The second-order valence-electron chi connectivity index (χ2n) is 5.89. The average Bonchev–Trinajstić information content (AvgIpc) is 2.62. The van der Waals surface area contributed by atoms with Crippen LogP contribution >= 0.6 is 11.8 Å². The summed E-state index contributed by atoms with van der Waals surface area (Å²) in [5.41, 5.74) is 3.69. The van der Waals surface area contributed by atoms with Gasteiger partial charge in [0.25, 0.3) is 5.91 Å². The normalized spacial score (nSPS) is 10.4. The SMILES string of the molecule is CC(=O)N(C)c1ccccc1C(=O)NCCSCc1ccc(C)cc1. The first-order valence-corrected chi connectivity index (χ1v) is 9.39. The van der Waals surface area contributed by atoms with E-state index in [-0.39, 0.29) is 11.8 Å². The van der Waals surface area contributed by atoms with Crippen molar-refractivity contribution in [1.29, 1.82) is 0 Å². The van der Waals surface area contributed by atoms with E-state index in [1.54, 1.807) is 37.0 Å². The molecule has 4 nitrogen and oxygen atoms in total. The molecule has 0 aromatic heterocycles. The summed E-state index contributed by atoms with van der Waals surface area (Å²) in [5, 5.41) is 2.93. The summed E-state index contributed by atoms with van der Waals surface area (Å²) in [6, 6.07) is 15.6. The van der Waals surface area contributed by atoms with E-state index in [0.717, 1.165) is 11.5 Å². The van der Waals surface area contributed by atoms with E-state index < -0.39 is 0 Å². The zero-order chi connectivity index (χ0) is 18.2. The van der Waals surface area contributed by atoms with Crippen molar-refractivity contribution in [2.45, 2.75) is 19.6 Å². The third-order valence-corrected chi connectivity index (χ3v) is 4.93. The minimum Gasteiger partial charge on any atom is -0.351 e. The lowest BCUT2D eigenvalue weighted by molar-refractivity contribution is -0.116. The lowest BCUT2D eigenvalue weighted by atomic mass is 10.1. The largest absolute Gasteiger partial charge is 0.351 e. The van der Waals surface area contributed by atoms with Gasteiger partial charge < -0.3 is 10.2 Å². The van der Waals surface area contributed by atoms with E-state index in [9.17, 15) is 9.59 Å². The van der Waals surface area contributed by atoms with Crippen LogP contribution in [0.15, 0.2) is 48.5 Å². The van der Waals surface area contributed by atoms with Crippen LogP contribution in [0.5, 0.6) is 0 Å². The summed E-state index contributed by atoms with van der Waals surface area (Å²) >= 11 is 1.79. The van der Waals surface area contributed by atoms with Gasteiger partial charge in [0.1, 0.15) is 0 Å². The third kappa shape index (κ3) is 5.64. The van der Waals surface area contributed by atoms with E-state index >= 15 is 0 Å². The van der Waals surface area contributed by atoms with Crippen molar-refractivity contribution in [3.05, 3.63) is 65.2 Å². The molecule has 25 heavy (non-hydrogen) atoms. The maximum absolute atomic E-state index is 12.4. The molecule has 132 valence electrons. The summed E-state index contributed by atoms with van der Waals surface area (Å²) in [5.74, 6) is 1.51. The number of nitrogens with one attached hydrogen (secondary N) is 1. The molecular formula is C20H24N2O2S. The standard InChI is InChI=1S/C20H24N2O2S/c1-15-8-10-17(11-9-15)14-25-13-12-21-20(24)18-6-4-5-7-19(18)22(3)16(2)23/h4-11H,12-14H2,1-3H3,(H,21,24). The van der Waals surface area contributed by atoms with Crippen LogP contribution in [-0.2, 0) is 10.5 Å². The molecule has 0 spiro atoms. The number of aryl methyl sites for hydroxylation is 1. The Balaban J connectivity index is 1.82. The maximum atomic E-state index is 12.4. The number of para-hydroxylation sites is 1. The molecule has 5 heteroatoms. The fourth-order valence-electron chi connectivity index (χ4n) is 2.33. The van der Waals surface area contributed by atoms with Gasteiger partial charge in [-0.3, -0.25) is 9.59 Å². The fraction of sp³-hybridized carbons (Fsp3) is 0.300. The van der Waals surface area contributed by atoms with Crippen LogP contribution in [0.25, 0.3) is 0 Å². The zero-order valence-corrected chi connectivity index (χ0v) is 15.7. The Bertz CT molecular complexity index is 729. The van der Waals surface area contributed by atoms with Crippen LogP contribution in [-0.4, -0.2) is 31.2 Å². The van der Waals surface area contributed by atoms with E-state index in [1.165, 1.54) is 23.0 Å². The zero-order valence-electron chi connectivity index (χ0n) is 14.9. The molecule has 0 heterocycles. The first-order chi connectivity index (χ1) is 12.0. The Morgan fingerprint density at radius 2 is 1.76 bits per heavy atom. The minimum atomic E-state index is -0.153. The van der Waals surface area contributed by atoms with E-state index in [2.05, 4.69) is 36.5 Å². The molecule has 0 atom stereocenters. The molecule has 0 aliphatic carbocycles. The molecule has 0 unspecified atom stereocenters. The summed E-state index contributed by atoms with van der Waals surface area (Å²) in [7, 11) is 1.67. The molecule has 2 amide bonds. The summed E-state index contributed by atoms with van der Waals surface area (Å²) in [4.78, 5) is 25.5. The Morgan fingerprint density at radius 1 is 1.08 bits per heavy atom. The first kappa shape index (κ1) is 19.1. The Kier molecular flexibility index (Phi) is 7.07. The van der Waals surface area contributed by atoms with Gasteiger partial charge in [-0.15, -0.1) is 0 Å². The highest BCUT2D eigenvalue weighted by Crippen LogP contribution is 2.19. The molecule has 0 radical (unpaired) electrons. The smallest absolute Gasteiger partial charge is 0.253 e. The molecule has 2 rings (SSSR count). The van der Waals surface area contributed by atoms with Gasteiger partial charge in [-0.25, -0.2) is 0 Å². The average molecular weight is 356 g/mol. The van der Waals surface area contributed by atoms with Crippen molar-refractivity contribution in [2.75, 3.05) is 24.2 Å². The Hall–Kier alpha value is -2.27. The van der Waals surface area contributed by atoms with Gasteiger partial charge in [0.2, 0.25) is 5.91 Å². The van der Waals surface area contributed by atoms with Crippen LogP contribution in [0.1, 0.15) is 28.4 Å². The van der Waals surface area contributed by atoms with Crippen molar-refractivity contribution in [3.8, 4) is 0 Å². The number of hydrogen-bond acceptors (Lipinski definition) is 3. The number of thioether (sulfide) groups is 1. The van der Waals surface area contributed by atoms with Gasteiger partial charge >= 0.3 is 0 Å². The van der Waals surface area contributed by atoms with Gasteiger partial charge in [0, 0.05) is 32.0 Å². The fourth-order valence-corrected chi connectivity index (χ4v) is 3.15. The highest BCUT2D eigenvalue weighted by Gasteiger charge is 2.15. The van der Waals surface area contributed by atoms with Crippen molar-refractivity contribution in [3.63, 3.8) is 0 Å². The summed E-state index contributed by atoms with van der Waals surface area (Å²) in [6.07, 6.45) is 0. The molecule has 0 fully saturated rings.